The Morgan fingerprint density at radius 3 is 1.77 bits per heavy atom. The summed E-state index contributed by atoms with van der Waals surface area (Å²) in [5.74, 6) is -0.222. The number of nitrogens with zero attached hydrogens (tertiary/aromatic N) is 2. The molecule has 6 rings (SSSR count). The molecule has 0 unspecified atom stereocenters. The highest BCUT2D eigenvalue weighted by Crippen LogP contribution is 2.35. The van der Waals surface area contributed by atoms with E-state index in [2.05, 4.69) is 10.2 Å². The van der Waals surface area contributed by atoms with Crippen molar-refractivity contribution in [3.05, 3.63) is 152 Å². The number of ether oxygens (including phenoxy) is 1. The summed E-state index contributed by atoms with van der Waals surface area (Å²) in [6.45, 7) is 5.94. The maximum atomic E-state index is 14.1. The van der Waals surface area contributed by atoms with Crippen LogP contribution in [0.4, 0.5) is 0 Å². The van der Waals surface area contributed by atoms with Gasteiger partial charge in [0.2, 0.25) is 0 Å². The van der Waals surface area contributed by atoms with Crippen molar-refractivity contribution >= 4 is 5.97 Å². The highest BCUT2D eigenvalue weighted by molar-refractivity contribution is 5.90. The van der Waals surface area contributed by atoms with E-state index in [9.17, 15) is 14.4 Å². The fourth-order valence-electron chi connectivity index (χ4n) is 5.46. The lowest BCUT2D eigenvalue weighted by Crippen LogP contribution is -2.25. The number of hydrogen-bond donors (Lipinski definition) is 2. The fourth-order valence-corrected chi connectivity index (χ4v) is 5.46. The Labute approximate surface area is 253 Å². The number of benzene rings is 3. The summed E-state index contributed by atoms with van der Waals surface area (Å²) < 4.78 is 14.6. The summed E-state index contributed by atoms with van der Waals surface area (Å²) in [7, 11) is 0. The molecule has 3 aromatic carbocycles. The summed E-state index contributed by atoms with van der Waals surface area (Å²) >= 11 is 0. The number of aryl methyl sites for hydroxylation is 2. The number of nitrogens with one attached hydrogen (secondary N) is 2. The molecule has 0 aliphatic rings. The van der Waals surface area contributed by atoms with Crippen LogP contribution in [-0.4, -0.2) is 32.1 Å². The Morgan fingerprint density at radius 1 is 0.750 bits per heavy atom. The van der Waals surface area contributed by atoms with Gasteiger partial charge in [-0.25, -0.2) is 14.2 Å². The summed E-state index contributed by atoms with van der Waals surface area (Å²) in [5, 5.41) is 6.39. The minimum Gasteiger partial charge on any atom is -0.462 e. The Balaban J connectivity index is 1.48. The molecule has 0 saturated carbocycles. The minimum absolute atomic E-state index is 0.280. The molecular formula is C35H32N4O5. The standard InChI is InChI=1S/C35H32N4O5/c1-4-21-43-35(42)25-17-15-24(16-18-25)28-19-20-29(44-28)32(30-22(2)36-38(33(30)40)26-11-7-5-8-12-26)31-23(3)37-39(34(31)41)27-13-9-6-10-14-27/h5-20,32,36-37H,4,21H2,1-3H3. The van der Waals surface area contributed by atoms with E-state index in [4.69, 9.17) is 9.15 Å². The first-order chi connectivity index (χ1) is 21.4. The van der Waals surface area contributed by atoms with Gasteiger partial charge in [-0.3, -0.25) is 19.8 Å². The van der Waals surface area contributed by atoms with Gasteiger partial charge in [-0.05, 0) is 68.8 Å². The number of aromatic amines is 2. The average Bonchev–Trinajstić information content (AvgIpc) is 3.74. The van der Waals surface area contributed by atoms with Crippen LogP contribution in [-0.2, 0) is 4.74 Å². The zero-order valence-electron chi connectivity index (χ0n) is 24.7. The Hall–Kier alpha value is -5.57. The number of esters is 1. The summed E-state index contributed by atoms with van der Waals surface area (Å²) in [4.78, 5) is 40.4. The van der Waals surface area contributed by atoms with Crippen molar-refractivity contribution in [2.75, 3.05) is 6.61 Å². The van der Waals surface area contributed by atoms with Crippen LogP contribution in [0.2, 0.25) is 0 Å². The van der Waals surface area contributed by atoms with Gasteiger partial charge in [0.25, 0.3) is 11.1 Å². The highest BCUT2D eigenvalue weighted by atomic mass is 16.5. The van der Waals surface area contributed by atoms with E-state index >= 15 is 0 Å². The van der Waals surface area contributed by atoms with E-state index in [1.165, 1.54) is 9.36 Å². The number of carbonyl (C=O) groups is 1. The molecule has 0 radical (unpaired) electrons. The number of aromatic nitrogens is 4. The van der Waals surface area contributed by atoms with Crippen molar-refractivity contribution in [1.29, 1.82) is 0 Å². The molecule has 9 nitrogen and oxygen atoms in total. The van der Waals surface area contributed by atoms with Crippen LogP contribution in [0.5, 0.6) is 0 Å². The lowest BCUT2D eigenvalue weighted by Gasteiger charge is -2.13. The maximum Gasteiger partial charge on any atom is 0.338 e. The maximum absolute atomic E-state index is 14.1. The van der Waals surface area contributed by atoms with Crippen LogP contribution in [0.1, 0.15) is 57.9 Å². The van der Waals surface area contributed by atoms with E-state index in [1.807, 2.05) is 87.5 Å². The van der Waals surface area contributed by atoms with Crippen molar-refractivity contribution in [2.45, 2.75) is 33.1 Å². The van der Waals surface area contributed by atoms with Crippen LogP contribution >= 0.6 is 0 Å². The molecule has 0 aliphatic heterocycles. The number of rotatable bonds is 9. The number of H-pyrrole nitrogens is 2. The molecule has 0 bridgehead atoms. The van der Waals surface area contributed by atoms with Crippen LogP contribution in [0.15, 0.2) is 111 Å². The molecule has 0 spiro atoms. The predicted octanol–water partition coefficient (Wildman–Crippen LogP) is 6.27. The van der Waals surface area contributed by atoms with E-state index in [0.29, 0.717) is 57.6 Å². The van der Waals surface area contributed by atoms with E-state index in [0.717, 1.165) is 12.0 Å². The van der Waals surface area contributed by atoms with E-state index in [-0.39, 0.29) is 17.1 Å². The minimum atomic E-state index is -0.811. The van der Waals surface area contributed by atoms with Crippen molar-refractivity contribution in [3.63, 3.8) is 0 Å². The average molecular weight is 589 g/mol. The van der Waals surface area contributed by atoms with Crippen molar-refractivity contribution in [3.8, 4) is 22.7 Å². The molecule has 0 amide bonds. The zero-order valence-corrected chi connectivity index (χ0v) is 24.7. The molecule has 222 valence electrons. The number of hydrogen-bond acceptors (Lipinski definition) is 5. The van der Waals surface area contributed by atoms with Crippen LogP contribution in [0.25, 0.3) is 22.7 Å². The lowest BCUT2D eigenvalue weighted by atomic mass is 9.89. The molecule has 0 aliphatic carbocycles. The second kappa shape index (κ2) is 12.0. The molecular weight excluding hydrogens is 556 g/mol. The molecule has 2 N–H and O–H groups in total. The van der Waals surface area contributed by atoms with Gasteiger partial charge < -0.3 is 9.15 Å². The largest absolute Gasteiger partial charge is 0.462 e. The monoisotopic (exact) mass is 588 g/mol. The highest BCUT2D eigenvalue weighted by Gasteiger charge is 2.33. The van der Waals surface area contributed by atoms with Gasteiger partial charge in [-0.15, -0.1) is 0 Å². The van der Waals surface area contributed by atoms with Crippen LogP contribution in [0, 0.1) is 13.8 Å². The Bertz CT molecular complexity index is 1930. The van der Waals surface area contributed by atoms with Gasteiger partial charge in [0.05, 0.1) is 40.6 Å². The SMILES string of the molecule is CCCOC(=O)c1ccc(-c2ccc(C(c3c(C)[nH]n(-c4ccccc4)c3=O)c3c(C)[nH]n(-c4ccccc4)c3=O)o2)cc1. The molecule has 3 aromatic heterocycles. The molecule has 6 aromatic rings. The van der Waals surface area contributed by atoms with Gasteiger partial charge in [-0.1, -0.05) is 55.5 Å². The number of carbonyl (C=O) groups excluding carboxylic acids is 1. The number of furan rings is 1. The molecule has 9 heteroatoms. The van der Waals surface area contributed by atoms with Crippen molar-refractivity contribution in [1.82, 2.24) is 19.6 Å². The fraction of sp³-hybridized carbons (Fsp3) is 0.171. The Morgan fingerprint density at radius 2 is 1.27 bits per heavy atom. The third-order valence-electron chi connectivity index (χ3n) is 7.59. The lowest BCUT2D eigenvalue weighted by molar-refractivity contribution is 0.0505. The van der Waals surface area contributed by atoms with E-state index in [1.54, 1.807) is 30.3 Å². The predicted molar refractivity (Wildman–Crippen MR) is 168 cm³/mol. The van der Waals surface area contributed by atoms with Crippen molar-refractivity contribution in [2.24, 2.45) is 0 Å². The second-order valence-electron chi connectivity index (χ2n) is 10.6. The van der Waals surface area contributed by atoms with Gasteiger partial charge in [0.1, 0.15) is 11.5 Å². The number of para-hydroxylation sites is 2. The second-order valence-corrected chi connectivity index (χ2v) is 10.6. The van der Waals surface area contributed by atoms with Crippen molar-refractivity contribution < 1.29 is 13.9 Å². The molecule has 0 atom stereocenters. The first-order valence-corrected chi connectivity index (χ1v) is 14.5. The van der Waals surface area contributed by atoms with Crippen LogP contribution < -0.4 is 11.1 Å². The summed E-state index contributed by atoms with van der Waals surface area (Å²) in [6.07, 6.45) is 0.744. The zero-order chi connectivity index (χ0) is 30.8. The van der Waals surface area contributed by atoms with Crippen LogP contribution in [0.3, 0.4) is 0 Å². The first-order valence-electron chi connectivity index (χ1n) is 14.5. The van der Waals surface area contributed by atoms with Gasteiger partial charge in [0.15, 0.2) is 0 Å². The third kappa shape index (κ3) is 5.24. The first kappa shape index (κ1) is 28.5. The topological polar surface area (TPSA) is 115 Å². The van der Waals surface area contributed by atoms with Gasteiger partial charge in [-0.2, -0.15) is 0 Å². The smallest absolute Gasteiger partial charge is 0.338 e. The quantitative estimate of drug-likeness (QED) is 0.193. The Kier molecular flexibility index (Phi) is 7.76. The molecule has 3 heterocycles. The molecule has 0 fully saturated rings. The van der Waals surface area contributed by atoms with E-state index < -0.39 is 5.92 Å². The third-order valence-corrected chi connectivity index (χ3v) is 7.59. The summed E-state index contributed by atoms with van der Waals surface area (Å²) in [5.41, 5.74) is 4.02. The molecule has 0 saturated heterocycles. The van der Waals surface area contributed by atoms with Gasteiger partial charge in [0, 0.05) is 17.0 Å². The summed E-state index contributed by atoms with van der Waals surface area (Å²) in [6, 6.07) is 29.1. The molecule has 44 heavy (non-hydrogen) atoms. The van der Waals surface area contributed by atoms with Gasteiger partial charge >= 0.3 is 5.97 Å². The normalized spacial score (nSPS) is 11.3.